The lowest BCUT2D eigenvalue weighted by Crippen LogP contribution is -2.12. The summed E-state index contributed by atoms with van der Waals surface area (Å²) >= 11 is 1.58. The minimum atomic E-state index is -3.65. The molecule has 1 heterocycles. The summed E-state index contributed by atoms with van der Waals surface area (Å²) in [4.78, 5) is 2.28. The van der Waals surface area contributed by atoms with Gasteiger partial charge in [-0.1, -0.05) is 42.0 Å². The van der Waals surface area contributed by atoms with Gasteiger partial charge in [0.2, 0.25) is 0 Å². The minimum absolute atomic E-state index is 0.227. The van der Waals surface area contributed by atoms with E-state index in [-0.39, 0.29) is 10.6 Å². The van der Waals surface area contributed by atoms with Crippen LogP contribution in [0.25, 0.3) is 20.9 Å². The van der Waals surface area contributed by atoms with E-state index in [1.165, 1.54) is 0 Å². The van der Waals surface area contributed by atoms with Crippen LogP contribution in [0.2, 0.25) is 0 Å². The molecule has 0 bridgehead atoms. The molecule has 4 nitrogen and oxygen atoms in total. The number of nitrogens with one attached hydrogen (secondary N) is 1. The zero-order valence-electron chi connectivity index (χ0n) is 15.7. The van der Waals surface area contributed by atoms with Crippen molar-refractivity contribution in [3.05, 3.63) is 90.5 Å². The summed E-state index contributed by atoms with van der Waals surface area (Å²) in [5.41, 5.74) is 3.38. The van der Waals surface area contributed by atoms with E-state index < -0.39 is 10.0 Å². The first-order chi connectivity index (χ1) is 13.9. The second kappa shape index (κ2) is 7.73. The van der Waals surface area contributed by atoms with Crippen molar-refractivity contribution in [3.8, 4) is 26.6 Å². The van der Waals surface area contributed by atoms with E-state index in [1.54, 1.807) is 53.8 Å². The predicted octanol–water partition coefficient (Wildman–Crippen LogP) is 5.90. The Bertz CT molecular complexity index is 1260. The molecular formula is C23H19NO3S2. The summed E-state index contributed by atoms with van der Waals surface area (Å²) in [5, 5.41) is 9.69. The smallest absolute Gasteiger partial charge is 0.261 e. The fraction of sp³-hybridized carbons (Fsp3) is 0.0435. The van der Waals surface area contributed by atoms with Crippen molar-refractivity contribution in [2.24, 2.45) is 0 Å². The van der Waals surface area contributed by atoms with Crippen LogP contribution in [0.4, 0.5) is 5.69 Å². The second-order valence-corrected chi connectivity index (χ2v) is 9.48. The second-order valence-electron chi connectivity index (χ2n) is 6.71. The molecule has 29 heavy (non-hydrogen) atoms. The van der Waals surface area contributed by atoms with Crippen molar-refractivity contribution in [1.82, 2.24) is 0 Å². The highest BCUT2D eigenvalue weighted by Gasteiger charge is 2.14. The van der Waals surface area contributed by atoms with Gasteiger partial charge in [0.15, 0.2) is 0 Å². The molecule has 6 heteroatoms. The number of aromatic hydroxyl groups is 1. The quantitative estimate of drug-likeness (QED) is 0.422. The minimum Gasteiger partial charge on any atom is -0.508 e. The van der Waals surface area contributed by atoms with Crippen molar-refractivity contribution >= 4 is 27.0 Å². The van der Waals surface area contributed by atoms with Gasteiger partial charge in [-0.2, -0.15) is 0 Å². The molecule has 0 aliphatic rings. The van der Waals surface area contributed by atoms with Crippen LogP contribution in [0.1, 0.15) is 5.56 Å². The molecule has 146 valence electrons. The number of hydrogen-bond acceptors (Lipinski definition) is 4. The van der Waals surface area contributed by atoms with Crippen LogP contribution in [0.15, 0.2) is 89.8 Å². The average Bonchev–Trinajstić information content (AvgIpc) is 3.19. The number of rotatable bonds is 5. The molecule has 0 unspecified atom stereocenters. The van der Waals surface area contributed by atoms with Crippen LogP contribution in [0.5, 0.6) is 5.75 Å². The first-order valence-corrected chi connectivity index (χ1v) is 11.3. The Hall–Kier alpha value is -3.09. The van der Waals surface area contributed by atoms with E-state index in [0.717, 1.165) is 26.4 Å². The van der Waals surface area contributed by atoms with Gasteiger partial charge in [-0.3, -0.25) is 4.72 Å². The summed E-state index contributed by atoms with van der Waals surface area (Å²) in [6, 6.07) is 25.2. The van der Waals surface area contributed by atoms with Gasteiger partial charge >= 0.3 is 0 Å². The molecule has 4 rings (SSSR count). The predicted molar refractivity (Wildman–Crippen MR) is 119 cm³/mol. The SMILES string of the molecule is Cc1ccc(S(=O)(=O)Nc2cccc(-c3ccc(-c4cccc(O)c4)s3)c2)cc1. The first kappa shape index (κ1) is 19.2. The molecule has 0 radical (unpaired) electrons. The maximum Gasteiger partial charge on any atom is 0.261 e. The maximum atomic E-state index is 12.6. The lowest BCUT2D eigenvalue weighted by atomic mass is 10.1. The van der Waals surface area contributed by atoms with Gasteiger partial charge in [0.05, 0.1) is 4.90 Å². The van der Waals surface area contributed by atoms with Crippen molar-refractivity contribution in [2.45, 2.75) is 11.8 Å². The Kier molecular flexibility index (Phi) is 5.13. The van der Waals surface area contributed by atoms with Crippen LogP contribution in [-0.4, -0.2) is 13.5 Å². The van der Waals surface area contributed by atoms with E-state index in [0.29, 0.717) is 5.69 Å². The van der Waals surface area contributed by atoms with Crippen molar-refractivity contribution in [2.75, 3.05) is 4.72 Å². The molecule has 0 fully saturated rings. The van der Waals surface area contributed by atoms with Crippen LogP contribution in [-0.2, 0) is 10.0 Å². The number of anilines is 1. The van der Waals surface area contributed by atoms with Gasteiger partial charge in [-0.05, 0) is 66.6 Å². The molecule has 0 aliphatic carbocycles. The van der Waals surface area contributed by atoms with E-state index in [2.05, 4.69) is 4.72 Å². The highest BCUT2D eigenvalue weighted by Crippen LogP contribution is 2.36. The maximum absolute atomic E-state index is 12.6. The highest BCUT2D eigenvalue weighted by molar-refractivity contribution is 7.92. The van der Waals surface area contributed by atoms with Crippen LogP contribution in [0.3, 0.4) is 0 Å². The Morgan fingerprint density at radius 3 is 2.07 bits per heavy atom. The lowest BCUT2D eigenvalue weighted by Gasteiger charge is -2.09. The topological polar surface area (TPSA) is 66.4 Å². The van der Waals surface area contributed by atoms with Gasteiger partial charge in [-0.15, -0.1) is 11.3 Å². The Morgan fingerprint density at radius 1 is 0.793 bits per heavy atom. The van der Waals surface area contributed by atoms with Gasteiger partial charge in [0.1, 0.15) is 5.75 Å². The molecule has 0 amide bonds. The number of aryl methyl sites for hydroxylation is 1. The van der Waals surface area contributed by atoms with E-state index in [9.17, 15) is 13.5 Å². The largest absolute Gasteiger partial charge is 0.508 e. The number of thiophene rings is 1. The molecule has 0 saturated carbocycles. The molecule has 0 atom stereocenters. The number of phenols is 1. The van der Waals surface area contributed by atoms with Crippen molar-refractivity contribution < 1.29 is 13.5 Å². The molecular weight excluding hydrogens is 402 g/mol. The molecule has 2 N–H and O–H groups in total. The third kappa shape index (κ3) is 4.34. The summed E-state index contributed by atoms with van der Waals surface area (Å²) in [7, 11) is -3.65. The van der Waals surface area contributed by atoms with Gasteiger partial charge < -0.3 is 5.11 Å². The Morgan fingerprint density at radius 2 is 1.41 bits per heavy atom. The zero-order valence-corrected chi connectivity index (χ0v) is 17.3. The standard InChI is InChI=1S/C23H19NO3S2/c1-16-8-10-21(11-9-16)29(26,27)24-19-6-2-4-17(14-19)22-12-13-23(28-22)18-5-3-7-20(25)15-18/h2-15,24-25H,1H3. The van der Waals surface area contributed by atoms with Gasteiger partial charge in [0, 0.05) is 15.4 Å². The van der Waals surface area contributed by atoms with Crippen LogP contribution in [0, 0.1) is 6.92 Å². The van der Waals surface area contributed by atoms with E-state index in [4.69, 9.17) is 0 Å². The molecule has 0 spiro atoms. The molecule has 3 aromatic carbocycles. The number of phenolic OH excluding ortho intramolecular Hbond substituents is 1. The summed E-state index contributed by atoms with van der Waals surface area (Å²) < 4.78 is 28.0. The Balaban J connectivity index is 1.60. The molecule has 1 aromatic heterocycles. The fourth-order valence-electron chi connectivity index (χ4n) is 2.97. The highest BCUT2D eigenvalue weighted by atomic mass is 32.2. The third-order valence-corrected chi connectivity index (χ3v) is 7.05. The Labute approximate surface area is 174 Å². The van der Waals surface area contributed by atoms with Crippen LogP contribution < -0.4 is 4.72 Å². The normalized spacial score (nSPS) is 11.3. The van der Waals surface area contributed by atoms with Gasteiger partial charge in [0.25, 0.3) is 10.0 Å². The number of hydrogen-bond donors (Lipinski definition) is 2. The average molecular weight is 422 g/mol. The number of benzene rings is 3. The monoisotopic (exact) mass is 421 g/mol. The first-order valence-electron chi connectivity index (χ1n) is 9.00. The van der Waals surface area contributed by atoms with E-state index in [1.807, 2.05) is 49.4 Å². The molecule has 0 aliphatic heterocycles. The number of sulfonamides is 1. The van der Waals surface area contributed by atoms with Gasteiger partial charge in [-0.25, -0.2) is 8.42 Å². The third-order valence-electron chi connectivity index (χ3n) is 4.47. The van der Waals surface area contributed by atoms with Crippen molar-refractivity contribution in [1.29, 1.82) is 0 Å². The van der Waals surface area contributed by atoms with Crippen molar-refractivity contribution in [3.63, 3.8) is 0 Å². The molecule has 0 saturated heterocycles. The fourth-order valence-corrected chi connectivity index (χ4v) is 5.02. The van der Waals surface area contributed by atoms with Crippen LogP contribution >= 0.6 is 11.3 Å². The molecule has 4 aromatic rings. The van der Waals surface area contributed by atoms with E-state index >= 15 is 0 Å². The summed E-state index contributed by atoms with van der Waals surface area (Å²) in [5.74, 6) is 0.227. The lowest BCUT2D eigenvalue weighted by molar-refractivity contribution is 0.475. The zero-order chi connectivity index (χ0) is 20.4. The summed E-state index contributed by atoms with van der Waals surface area (Å²) in [6.45, 7) is 1.92. The summed E-state index contributed by atoms with van der Waals surface area (Å²) in [6.07, 6.45) is 0.